The van der Waals surface area contributed by atoms with E-state index in [4.69, 9.17) is 0 Å². The van der Waals surface area contributed by atoms with Crippen molar-refractivity contribution >= 4 is 39.1 Å². The summed E-state index contributed by atoms with van der Waals surface area (Å²) in [5.74, 6) is -0.228. The van der Waals surface area contributed by atoms with Crippen LogP contribution in [0.25, 0.3) is 15.9 Å². The molecule has 1 N–H and O–H groups in total. The fraction of sp³-hybridized carbons (Fsp3) is 0.240. The number of aromatic nitrogens is 2. The zero-order valence-corrected chi connectivity index (χ0v) is 18.9. The predicted octanol–water partition coefficient (Wildman–Crippen LogP) is 5.19. The molecule has 1 saturated heterocycles. The van der Waals surface area contributed by atoms with E-state index in [1.165, 1.54) is 11.3 Å². The molecule has 0 radical (unpaired) electrons. The number of amides is 2. The number of nitrogens with one attached hydrogen (secondary N) is 1. The van der Waals surface area contributed by atoms with Crippen molar-refractivity contribution in [1.82, 2.24) is 14.7 Å². The predicted molar refractivity (Wildman–Crippen MR) is 128 cm³/mol. The maximum atomic E-state index is 13.2. The number of carbonyl (C=O) groups is 2. The Hall–Kier alpha value is -3.45. The quantitative estimate of drug-likeness (QED) is 0.471. The van der Waals surface area contributed by atoms with Crippen LogP contribution in [-0.4, -0.2) is 39.6 Å². The molecule has 5 rings (SSSR count). The van der Waals surface area contributed by atoms with Gasteiger partial charge in [0, 0.05) is 18.5 Å². The first-order valence-corrected chi connectivity index (χ1v) is 11.6. The molecule has 3 heterocycles. The van der Waals surface area contributed by atoms with Crippen LogP contribution in [0, 0.1) is 13.8 Å². The lowest BCUT2D eigenvalue weighted by Gasteiger charge is -2.19. The third-order valence-electron chi connectivity index (χ3n) is 5.90. The number of rotatable bonds is 4. The number of hydrogen-bond acceptors (Lipinski definition) is 4. The Bertz CT molecular complexity index is 1320. The molecule has 4 aromatic rings. The molecule has 162 valence electrons. The van der Waals surface area contributed by atoms with Crippen LogP contribution in [0.1, 0.15) is 44.1 Å². The molecule has 1 aliphatic rings. The van der Waals surface area contributed by atoms with Crippen molar-refractivity contribution in [3.63, 3.8) is 0 Å². The maximum Gasteiger partial charge on any atom is 0.265 e. The summed E-state index contributed by atoms with van der Waals surface area (Å²) in [5.41, 5.74) is 3.84. The van der Waals surface area contributed by atoms with Gasteiger partial charge >= 0.3 is 0 Å². The van der Waals surface area contributed by atoms with Crippen molar-refractivity contribution in [3.8, 4) is 5.69 Å². The summed E-state index contributed by atoms with van der Waals surface area (Å²) in [6, 6.07) is 17.4. The molecule has 0 saturated carbocycles. The highest BCUT2D eigenvalue weighted by Gasteiger charge is 2.25. The topological polar surface area (TPSA) is 67.2 Å². The number of nitrogens with zero attached hydrogens (tertiary/aromatic N) is 3. The number of thiophene rings is 1. The molecule has 6 nitrogen and oxygen atoms in total. The first kappa shape index (κ1) is 20.5. The molecule has 0 atom stereocenters. The number of para-hydroxylation sites is 1. The van der Waals surface area contributed by atoms with Crippen LogP contribution in [0.15, 0.2) is 54.6 Å². The van der Waals surface area contributed by atoms with Crippen LogP contribution in [0.5, 0.6) is 0 Å². The van der Waals surface area contributed by atoms with Crippen molar-refractivity contribution in [3.05, 3.63) is 76.3 Å². The highest BCUT2D eigenvalue weighted by molar-refractivity contribution is 7.20. The zero-order valence-electron chi connectivity index (χ0n) is 18.1. The first-order valence-electron chi connectivity index (χ1n) is 10.8. The Morgan fingerprint density at radius 3 is 2.50 bits per heavy atom. The van der Waals surface area contributed by atoms with E-state index in [1.807, 2.05) is 72.0 Å². The summed E-state index contributed by atoms with van der Waals surface area (Å²) in [4.78, 5) is 29.7. The molecule has 0 bridgehead atoms. The van der Waals surface area contributed by atoms with Gasteiger partial charge in [0.05, 0.1) is 27.5 Å². The van der Waals surface area contributed by atoms with E-state index >= 15 is 0 Å². The lowest BCUT2D eigenvalue weighted by Crippen LogP contribution is -2.29. The molecule has 0 aliphatic carbocycles. The standard InChI is InChI=1S/C25H24N4O2S/c1-16-9-8-12-20(22(16)24(31)28-13-6-7-14-28)26-23(30)21-15-19-17(2)27-29(25(19)32-21)18-10-4-3-5-11-18/h3-5,8-12,15H,6-7,13-14H2,1-2H3,(H,26,30). The fourth-order valence-corrected chi connectivity index (χ4v) is 5.30. The average Bonchev–Trinajstić information content (AvgIpc) is 3.53. The summed E-state index contributed by atoms with van der Waals surface area (Å²) < 4.78 is 1.88. The second kappa shape index (κ2) is 8.24. The Morgan fingerprint density at radius 2 is 1.75 bits per heavy atom. The minimum absolute atomic E-state index is 0.0113. The van der Waals surface area contributed by atoms with E-state index in [0.717, 1.165) is 53.1 Å². The van der Waals surface area contributed by atoms with Gasteiger partial charge in [0.1, 0.15) is 4.83 Å². The van der Waals surface area contributed by atoms with Crippen molar-refractivity contribution < 1.29 is 9.59 Å². The number of benzene rings is 2. The molecule has 1 fully saturated rings. The highest BCUT2D eigenvalue weighted by atomic mass is 32.1. The molecule has 32 heavy (non-hydrogen) atoms. The van der Waals surface area contributed by atoms with Gasteiger partial charge in [-0.15, -0.1) is 11.3 Å². The van der Waals surface area contributed by atoms with Crippen molar-refractivity contribution in [2.24, 2.45) is 0 Å². The van der Waals surface area contributed by atoms with Gasteiger partial charge in [-0.05, 0) is 56.5 Å². The largest absolute Gasteiger partial charge is 0.339 e. The number of fused-ring (bicyclic) bond motifs is 1. The van der Waals surface area contributed by atoms with Gasteiger partial charge < -0.3 is 10.2 Å². The molecular formula is C25H24N4O2S. The summed E-state index contributed by atoms with van der Waals surface area (Å²) in [7, 11) is 0. The zero-order chi connectivity index (χ0) is 22.2. The van der Waals surface area contributed by atoms with Crippen LogP contribution < -0.4 is 5.32 Å². The van der Waals surface area contributed by atoms with Crippen molar-refractivity contribution in [2.75, 3.05) is 18.4 Å². The SMILES string of the molecule is Cc1cccc(NC(=O)c2cc3c(C)nn(-c4ccccc4)c3s2)c1C(=O)N1CCCC1. The van der Waals surface area contributed by atoms with Crippen LogP contribution >= 0.6 is 11.3 Å². The number of likely N-dealkylation sites (tertiary alicyclic amines) is 1. The Morgan fingerprint density at radius 1 is 1.00 bits per heavy atom. The molecule has 1 aliphatic heterocycles. The van der Waals surface area contributed by atoms with Crippen LogP contribution in [-0.2, 0) is 0 Å². The Balaban J connectivity index is 1.47. The highest BCUT2D eigenvalue weighted by Crippen LogP contribution is 2.31. The van der Waals surface area contributed by atoms with Crippen LogP contribution in [0.2, 0.25) is 0 Å². The molecule has 7 heteroatoms. The van der Waals surface area contributed by atoms with Crippen molar-refractivity contribution in [2.45, 2.75) is 26.7 Å². The van der Waals surface area contributed by atoms with Gasteiger partial charge in [-0.25, -0.2) is 4.68 Å². The smallest absolute Gasteiger partial charge is 0.265 e. The van der Waals surface area contributed by atoms with Gasteiger partial charge in [0.15, 0.2) is 0 Å². The van der Waals surface area contributed by atoms with E-state index in [1.54, 1.807) is 6.07 Å². The van der Waals surface area contributed by atoms with E-state index in [0.29, 0.717) is 16.1 Å². The number of hydrogen-bond donors (Lipinski definition) is 1. The normalized spacial score (nSPS) is 13.6. The van der Waals surface area contributed by atoms with Gasteiger partial charge in [-0.2, -0.15) is 5.10 Å². The second-order valence-electron chi connectivity index (χ2n) is 8.11. The van der Waals surface area contributed by atoms with Gasteiger partial charge in [0.25, 0.3) is 11.8 Å². The molecule has 0 unspecified atom stereocenters. The second-order valence-corrected chi connectivity index (χ2v) is 9.14. The van der Waals surface area contributed by atoms with Gasteiger partial charge in [-0.1, -0.05) is 30.3 Å². The first-order chi connectivity index (χ1) is 15.5. The Kier molecular flexibility index (Phi) is 5.27. The molecular weight excluding hydrogens is 420 g/mol. The molecule has 0 spiro atoms. The minimum Gasteiger partial charge on any atom is -0.339 e. The summed E-state index contributed by atoms with van der Waals surface area (Å²) in [5, 5.41) is 8.60. The monoisotopic (exact) mass is 444 g/mol. The van der Waals surface area contributed by atoms with Gasteiger partial charge in [0.2, 0.25) is 0 Å². The summed E-state index contributed by atoms with van der Waals surface area (Å²) in [6.45, 7) is 5.40. The Labute approximate surface area is 190 Å². The third kappa shape index (κ3) is 3.58. The average molecular weight is 445 g/mol. The van der Waals surface area contributed by atoms with E-state index in [-0.39, 0.29) is 11.8 Å². The van der Waals surface area contributed by atoms with Crippen LogP contribution in [0.3, 0.4) is 0 Å². The molecule has 2 amide bonds. The fourth-order valence-electron chi connectivity index (χ4n) is 4.22. The third-order valence-corrected chi connectivity index (χ3v) is 7.01. The van der Waals surface area contributed by atoms with E-state index in [2.05, 4.69) is 10.4 Å². The van der Waals surface area contributed by atoms with E-state index in [9.17, 15) is 9.59 Å². The summed E-state index contributed by atoms with van der Waals surface area (Å²) in [6.07, 6.45) is 2.05. The number of anilines is 1. The van der Waals surface area contributed by atoms with E-state index < -0.39 is 0 Å². The molecule has 2 aromatic heterocycles. The molecule has 2 aromatic carbocycles. The van der Waals surface area contributed by atoms with Crippen LogP contribution in [0.4, 0.5) is 5.69 Å². The lowest BCUT2D eigenvalue weighted by molar-refractivity contribution is 0.0793. The lowest BCUT2D eigenvalue weighted by atomic mass is 10.0. The van der Waals surface area contributed by atoms with Crippen molar-refractivity contribution in [1.29, 1.82) is 0 Å². The minimum atomic E-state index is -0.216. The summed E-state index contributed by atoms with van der Waals surface area (Å²) >= 11 is 1.40. The maximum absolute atomic E-state index is 13.2. The van der Waals surface area contributed by atoms with Gasteiger partial charge in [-0.3, -0.25) is 9.59 Å². The number of carbonyl (C=O) groups excluding carboxylic acids is 2. The number of aryl methyl sites for hydroxylation is 2.